The van der Waals surface area contributed by atoms with Crippen molar-refractivity contribution < 1.29 is 18.0 Å². The van der Waals surface area contributed by atoms with Crippen LogP contribution in [-0.2, 0) is 19.1 Å². The van der Waals surface area contributed by atoms with Crippen LogP contribution in [0, 0.1) is 0 Å². The number of nitrogens with zero attached hydrogens (tertiary/aromatic N) is 3. The first-order valence-corrected chi connectivity index (χ1v) is 9.02. The lowest BCUT2D eigenvalue weighted by Gasteiger charge is -2.14. The molecule has 3 aromatic rings. The van der Waals surface area contributed by atoms with Crippen LogP contribution in [-0.4, -0.2) is 27.2 Å². The van der Waals surface area contributed by atoms with E-state index in [2.05, 4.69) is 15.4 Å². The molecule has 0 unspecified atom stereocenters. The van der Waals surface area contributed by atoms with Gasteiger partial charge in [-0.05, 0) is 23.3 Å². The number of allylic oxidation sites excluding steroid dienone is 1. The van der Waals surface area contributed by atoms with Crippen LogP contribution in [0.4, 0.5) is 13.2 Å². The van der Waals surface area contributed by atoms with Gasteiger partial charge >= 0.3 is 6.18 Å². The van der Waals surface area contributed by atoms with Crippen LogP contribution in [0.2, 0.25) is 0 Å². The summed E-state index contributed by atoms with van der Waals surface area (Å²) in [5.74, 6) is 0.816. The maximum absolute atomic E-state index is 12.6. The van der Waals surface area contributed by atoms with E-state index in [9.17, 15) is 18.0 Å². The molecule has 0 spiro atoms. The first-order chi connectivity index (χ1) is 13.9. The highest BCUT2D eigenvalue weighted by molar-refractivity contribution is 5.91. The van der Waals surface area contributed by atoms with Gasteiger partial charge in [-0.25, -0.2) is 4.98 Å². The summed E-state index contributed by atoms with van der Waals surface area (Å²) in [6.45, 7) is 0.825. The van der Waals surface area contributed by atoms with Gasteiger partial charge in [0.1, 0.15) is 5.82 Å². The number of carbonyl (C=O) groups is 1. The fraction of sp³-hybridized carbons (Fsp3) is 0.227. The summed E-state index contributed by atoms with van der Waals surface area (Å²) < 4.78 is 39.2. The summed E-state index contributed by atoms with van der Waals surface area (Å²) in [5, 5.41) is 7.45. The molecule has 156 valence electrons. The van der Waals surface area contributed by atoms with Crippen molar-refractivity contribution in [3.8, 4) is 11.4 Å². The van der Waals surface area contributed by atoms with Crippen molar-refractivity contribution in [2.45, 2.75) is 26.6 Å². The number of fused-ring (bicyclic) bond motifs is 1. The molecule has 0 fully saturated rings. The summed E-state index contributed by atoms with van der Waals surface area (Å²) in [6.07, 6.45) is -2.34. The van der Waals surface area contributed by atoms with E-state index in [1.165, 1.54) is 22.9 Å². The molecule has 0 amide bonds. The SMILES string of the molecule is C.O=C1C=C(CNCc2ccc(C(F)(F)F)cc2)Cc2nc(-c3ccccc3)nn21. The Bertz CT molecular complexity index is 1050. The van der Waals surface area contributed by atoms with Gasteiger partial charge in [-0.1, -0.05) is 49.9 Å². The minimum absolute atomic E-state index is 0. The lowest BCUT2D eigenvalue weighted by atomic mass is 10.1. The summed E-state index contributed by atoms with van der Waals surface area (Å²) in [6, 6.07) is 14.4. The largest absolute Gasteiger partial charge is 0.416 e. The van der Waals surface area contributed by atoms with Crippen molar-refractivity contribution in [3.63, 3.8) is 0 Å². The standard InChI is InChI=1S/C21H17F3N4O.CH4/c22-21(23,24)17-8-6-14(7-9-17)12-25-13-15-10-18-26-20(16-4-2-1-3-5-16)27-28(18)19(29)11-15;/h1-9,11,25H,10,12-13H2;1H4. The maximum Gasteiger partial charge on any atom is 0.416 e. The normalized spacial score (nSPS) is 13.4. The molecule has 8 heteroatoms. The van der Waals surface area contributed by atoms with Gasteiger partial charge in [-0.2, -0.15) is 17.9 Å². The monoisotopic (exact) mass is 414 g/mol. The van der Waals surface area contributed by atoms with Gasteiger partial charge in [0, 0.05) is 31.1 Å². The van der Waals surface area contributed by atoms with Crippen molar-refractivity contribution >= 4 is 5.91 Å². The molecule has 1 aliphatic heterocycles. The van der Waals surface area contributed by atoms with Crippen LogP contribution in [0.5, 0.6) is 0 Å². The second kappa shape index (κ2) is 8.62. The van der Waals surface area contributed by atoms with Crippen molar-refractivity contribution in [1.29, 1.82) is 0 Å². The highest BCUT2D eigenvalue weighted by Crippen LogP contribution is 2.29. The fourth-order valence-corrected chi connectivity index (χ4v) is 3.13. The molecule has 2 aromatic carbocycles. The number of nitrogens with one attached hydrogen (secondary N) is 1. The first-order valence-electron chi connectivity index (χ1n) is 9.02. The zero-order valence-electron chi connectivity index (χ0n) is 15.3. The lowest BCUT2D eigenvalue weighted by Crippen LogP contribution is -2.25. The summed E-state index contributed by atoms with van der Waals surface area (Å²) >= 11 is 0. The minimum Gasteiger partial charge on any atom is -0.309 e. The average Bonchev–Trinajstić information content (AvgIpc) is 3.13. The molecule has 1 aromatic heterocycles. The number of aromatic nitrogens is 3. The van der Waals surface area contributed by atoms with E-state index in [4.69, 9.17) is 0 Å². The van der Waals surface area contributed by atoms with E-state index in [1.807, 2.05) is 30.3 Å². The molecular weight excluding hydrogens is 393 g/mol. The van der Waals surface area contributed by atoms with Gasteiger partial charge in [0.15, 0.2) is 5.82 Å². The Kier molecular flexibility index (Phi) is 6.17. The molecule has 1 N–H and O–H groups in total. The van der Waals surface area contributed by atoms with Crippen LogP contribution >= 0.6 is 0 Å². The Labute approximate surface area is 172 Å². The molecule has 2 heterocycles. The third-order valence-electron chi connectivity index (χ3n) is 4.59. The molecule has 5 nitrogen and oxygen atoms in total. The molecule has 0 bridgehead atoms. The molecule has 4 rings (SSSR count). The second-order valence-corrected chi connectivity index (χ2v) is 6.75. The second-order valence-electron chi connectivity index (χ2n) is 6.75. The van der Waals surface area contributed by atoms with E-state index >= 15 is 0 Å². The number of halogens is 3. The number of hydrogen-bond donors (Lipinski definition) is 1. The Morgan fingerprint density at radius 1 is 1.00 bits per heavy atom. The highest BCUT2D eigenvalue weighted by atomic mass is 19.4. The molecule has 0 radical (unpaired) electrons. The van der Waals surface area contributed by atoms with Gasteiger partial charge in [-0.15, -0.1) is 5.10 Å². The van der Waals surface area contributed by atoms with E-state index in [0.29, 0.717) is 31.2 Å². The van der Waals surface area contributed by atoms with Crippen molar-refractivity contribution in [3.05, 3.63) is 83.2 Å². The van der Waals surface area contributed by atoms with Gasteiger partial charge in [0.05, 0.1) is 5.56 Å². The molecule has 0 saturated heterocycles. The van der Waals surface area contributed by atoms with Crippen LogP contribution in [0.1, 0.15) is 29.2 Å². The Morgan fingerprint density at radius 2 is 1.70 bits per heavy atom. The predicted molar refractivity (Wildman–Crippen MR) is 108 cm³/mol. The fourth-order valence-electron chi connectivity index (χ4n) is 3.13. The predicted octanol–water partition coefficient (Wildman–Crippen LogP) is 4.51. The molecule has 0 atom stereocenters. The van der Waals surface area contributed by atoms with E-state index < -0.39 is 11.7 Å². The number of alkyl halides is 3. The van der Waals surface area contributed by atoms with Gasteiger partial charge < -0.3 is 5.32 Å². The topological polar surface area (TPSA) is 59.8 Å². The Morgan fingerprint density at radius 3 is 2.37 bits per heavy atom. The molecule has 0 aliphatic carbocycles. The van der Waals surface area contributed by atoms with Crippen LogP contribution < -0.4 is 5.32 Å². The van der Waals surface area contributed by atoms with Gasteiger partial charge in [-0.3, -0.25) is 4.79 Å². The molecule has 1 aliphatic rings. The van der Waals surface area contributed by atoms with Crippen molar-refractivity contribution in [2.24, 2.45) is 0 Å². The lowest BCUT2D eigenvalue weighted by molar-refractivity contribution is -0.137. The number of carbonyl (C=O) groups excluding carboxylic acids is 1. The molecule has 0 saturated carbocycles. The summed E-state index contributed by atoms with van der Waals surface area (Å²) in [5.41, 5.74) is 1.75. The van der Waals surface area contributed by atoms with Gasteiger partial charge in [0.2, 0.25) is 0 Å². The van der Waals surface area contributed by atoms with Crippen LogP contribution in [0.15, 0.2) is 66.2 Å². The third kappa shape index (κ3) is 4.65. The number of benzene rings is 2. The Hall–Kier alpha value is -3.26. The van der Waals surface area contributed by atoms with Crippen molar-refractivity contribution in [2.75, 3.05) is 6.54 Å². The maximum atomic E-state index is 12.6. The van der Waals surface area contributed by atoms with Crippen LogP contribution in [0.25, 0.3) is 11.4 Å². The Balaban J connectivity index is 0.00000256. The van der Waals surface area contributed by atoms with E-state index in [-0.39, 0.29) is 13.3 Å². The molecular formula is C22H21F3N4O. The van der Waals surface area contributed by atoms with E-state index in [1.54, 1.807) is 0 Å². The smallest absolute Gasteiger partial charge is 0.309 e. The number of hydrogen-bond acceptors (Lipinski definition) is 4. The van der Waals surface area contributed by atoms with Gasteiger partial charge in [0.25, 0.3) is 5.91 Å². The minimum atomic E-state index is -4.34. The zero-order valence-corrected chi connectivity index (χ0v) is 15.3. The van der Waals surface area contributed by atoms with E-state index in [0.717, 1.165) is 28.8 Å². The summed E-state index contributed by atoms with van der Waals surface area (Å²) in [7, 11) is 0. The third-order valence-corrected chi connectivity index (χ3v) is 4.59. The molecule has 30 heavy (non-hydrogen) atoms. The quantitative estimate of drug-likeness (QED) is 0.667. The highest BCUT2D eigenvalue weighted by Gasteiger charge is 2.29. The first kappa shape index (κ1) is 21.4. The van der Waals surface area contributed by atoms with Crippen molar-refractivity contribution in [1.82, 2.24) is 20.1 Å². The average molecular weight is 414 g/mol. The zero-order chi connectivity index (χ0) is 20.4. The summed E-state index contributed by atoms with van der Waals surface area (Å²) in [4.78, 5) is 16.8. The number of rotatable bonds is 5. The van der Waals surface area contributed by atoms with Crippen LogP contribution in [0.3, 0.4) is 0 Å².